The molecule has 0 saturated carbocycles. The Kier molecular flexibility index (Phi) is 5.17. The van der Waals surface area contributed by atoms with E-state index in [1.165, 1.54) is 11.1 Å². The van der Waals surface area contributed by atoms with Gasteiger partial charge in [-0.15, -0.1) is 11.6 Å². The fraction of sp³-hybridized carbons (Fsp3) is 0.294. The number of alkyl halides is 1. The molecule has 0 aromatic heterocycles. The monoisotopic (exact) mass is 368 g/mol. The summed E-state index contributed by atoms with van der Waals surface area (Å²) in [5.74, 6) is 1.48. The van der Waals surface area contributed by atoms with Crippen LogP contribution in [0.1, 0.15) is 27.6 Å². The highest BCUT2D eigenvalue weighted by Crippen LogP contribution is 2.41. The van der Waals surface area contributed by atoms with Crippen LogP contribution >= 0.6 is 27.5 Å². The highest BCUT2D eigenvalue weighted by molar-refractivity contribution is 9.10. The van der Waals surface area contributed by atoms with E-state index in [-0.39, 0.29) is 5.38 Å². The summed E-state index contributed by atoms with van der Waals surface area (Å²) in [5, 5.41) is -0.290. The first-order valence-corrected chi connectivity index (χ1v) is 7.84. The average Bonchev–Trinajstić information content (AvgIpc) is 2.49. The van der Waals surface area contributed by atoms with E-state index in [1.54, 1.807) is 14.2 Å². The molecule has 2 aromatic carbocycles. The van der Waals surface area contributed by atoms with E-state index in [2.05, 4.69) is 35.8 Å². The van der Waals surface area contributed by atoms with Crippen molar-refractivity contribution in [3.63, 3.8) is 0 Å². The number of halogens is 2. The SMILES string of the molecule is COc1cc(C(Cl)c2cccc(C)c2C)c(OC)cc1Br. The van der Waals surface area contributed by atoms with Gasteiger partial charge in [-0.1, -0.05) is 18.2 Å². The number of methoxy groups -OCH3 is 2. The molecular formula is C17H18BrClO2. The summed E-state index contributed by atoms with van der Waals surface area (Å²) in [6.07, 6.45) is 0. The maximum Gasteiger partial charge on any atom is 0.133 e. The van der Waals surface area contributed by atoms with Crippen LogP contribution in [0.4, 0.5) is 0 Å². The topological polar surface area (TPSA) is 18.5 Å². The van der Waals surface area contributed by atoms with Crippen LogP contribution in [-0.4, -0.2) is 14.2 Å². The van der Waals surface area contributed by atoms with E-state index in [1.807, 2.05) is 24.3 Å². The first-order chi connectivity index (χ1) is 9.99. The zero-order valence-corrected chi connectivity index (χ0v) is 14.9. The minimum Gasteiger partial charge on any atom is -0.496 e. The summed E-state index contributed by atoms with van der Waals surface area (Å²) in [7, 11) is 3.28. The molecule has 0 aliphatic heterocycles. The van der Waals surface area contributed by atoms with Gasteiger partial charge in [-0.2, -0.15) is 0 Å². The highest BCUT2D eigenvalue weighted by Gasteiger charge is 2.20. The molecular weight excluding hydrogens is 352 g/mol. The fourth-order valence-electron chi connectivity index (χ4n) is 2.30. The largest absolute Gasteiger partial charge is 0.496 e. The Labute approximate surface area is 139 Å². The van der Waals surface area contributed by atoms with Gasteiger partial charge in [0.15, 0.2) is 0 Å². The molecule has 112 valence electrons. The molecule has 1 unspecified atom stereocenters. The van der Waals surface area contributed by atoms with Gasteiger partial charge >= 0.3 is 0 Å². The maximum absolute atomic E-state index is 6.72. The van der Waals surface area contributed by atoms with Crippen LogP contribution in [0.5, 0.6) is 11.5 Å². The molecule has 0 fully saturated rings. The smallest absolute Gasteiger partial charge is 0.133 e. The molecule has 2 aromatic rings. The van der Waals surface area contributed by atoms with Crippen LogP contribution in [0.25, 0.3) is 0 Å². The molecule has 21 heavy (non-hydrogen) atoms. The zero-order chi connectivity index (χ0) is 15.6. The van der Waals surface area contributed by atoms with Crippen molar-refractivity contribution < 1.29 is 9.47 Å². The van der Waals surface area contributed by atoms with Gasteiger partial charge in [0, 0.05) is 5.56 Å². The highest BCUT2D eigenvalue weighted by atomic mass is 79.9. The summed E-state index contributed by atoms with van der Waals surface area (Å²) in [5.41, 5.74) is 4.40. The van der Waals surface area contributed by atoms with Gasteiger partial charge in [0.05, 0.1) is 24.1 Å². The van der Waals surface area contributed by atoms with Gasteiger partial charge in [0.25, 0.3) is 0 Å². The number of ether oxygens (including phenoxy) is 2. The third-order valence-electron chi connectivity index (χ3n) is 3.70. The molecule has 0 N–H and O–H groups in total. The minimum atomic E-state index is -0.290. The second-order valence-electron chi connectivity index (χ2n) is 4.88. The predicted octanol–water partition coefficient (Wildman–Crippen LogP) is 5.41. The van der Waals surface area contributed by atoms with Gasteiger partial charge in [-0.05, 0) is 58.6 Å². The van der Waals surface area contributed by atoms with Crippen LogP contribution in [0.3, 0.4) is 0 Å². The van der Waals surface area contributed by atoms with E-state index in [0.717, 1.165) is 27.1 Å². The first kappa shape index (κ1) is 16.2. The Morgan fingerprint density at radius 1 is 1.00 bits per heavy atom. The Bertz CT molecular complexity index is 655. The minimum absolute atomic E-state index is 0.290. The van der Waals surface area contributed by atoms with Crippen molar-refractivity contribution in [3.05, 3.63) is 57.1 Å². The molecule has 0 heterocycles. The standard InChI is InChI=1S/C17H18BrClO2/c1-10-6-5-7-12(11(10)2)17(19)13-8-16(21-4)14(18)9-15(13)20-3/h5-9,17H,1-4H3. The fourth-order valence-corrected chi connectivity index (χ4v) is 3.19. The lowest BCUT2D eigenvalue weighted by Crippen LogP contribution is -2.02. The lowest BCUT2D eigenvalue weighted by atomic mass is 9.96. The molecule has 0 radical (unpaired) electrons. The number of rotatable bonds is 4. The summed E-state index contributed by atoms with van der Waals surface area (Å²) < 4.78 is 11.7. The summed E-state index contributed by atoms with van der Waals surface area (Å²) in [6.45, 7) is 4.17. The van der Waals surface area contributed by atoms with Crippen LogP contribution in [0, 0.1) is 13.8 Å². The third-order valence-corrected chi connectivity index (χ3v) is 4.79. The molecule has 4 heteroatoms. The van der Waals surface area contributed by atoms with Crippen molar-refractivity contribution in [2.45, 2.75) is 19.2 Å². The number of hydrogen-bond donors (Lipinski definition) is 0. The predicted molar refractivity (Wildman–Crippen MR) is 90.9 cm³/mol. The summed E-state index contributed by atoms with van der Waals surface area (Å²) >= 11 is 10.2. The maximum atomic E-state index is 6.72. The number of aryl methyl sites for hydroxylation is 1. The molecule has 2 nitrogen and oxygen atoms in total. The van der Waals surface area contributed by atoms with Crippen LogP contribution in [0.2, 0.25) is 0 Å². The van der Waals surface area contributed by atoms with Gasteiger partial charge in [-0.25, -0.2) is 0 Å². The zero-order valence-electron chi connectivity index (χ0n) is 12.5. The lowest BCUT2D eigenvalue weighted by Gasteiger charge is -2.19. The Balaban J connectivity index is 2.56. The molecule has 0 saturated heterocycles. The van der Waals surface area contributed by atoms with Crippen molar-refractivity contribution in [2.24, 2.45) is 0 Å². The molecule has 0 bridgehead atoms. The Morgan fingerprint density at radius 2 is 1.67 bits per heavy atom. The van der Waals surface area contributed by atoms with Crippen LogP contribution in [-0.2, 0) is 0 Å². The van der Waals surface area contributed by atoms with Gasteiger partial charge in [0.2, 0.25) is 0 Å². The van der Waals surface area contributed by atoms with Gasteiger partial charge in [0.1, 0.15) is 11.5 Å². The van der Waals surface area contributed by atoms with Gasteiger partial charge < -0.3 is 9.47 Å². The van der Waals surface area contributed by atoms with Gasteiger partial charge in [-0.3, -0.25) is 0 Å². The summed E-state index contributed by atoms with van der Waals surface area (Å²) in [4.78, 5) is 0. The van der Waals surface area contributed by atoms with Crippen molar-refractivity contribution >= 4 is 27.5 Å². The number of benzene rings is 2. The summed E-state index contributed by atoms with van der Waals surface area (Å²) in [6, 6.07) is 9.96. The van der Waals surface area contributed by atoms with Crippen LogP contribution in [0.15, 0.2) is 34.8 Å². The van der Waals surface area contributed by atoms with E-state index in [4.69, 9.17) is 21.1 Å². The van der Waals surface area contributed by atoms with Crippen LogP contribution < -0.4 is 9.47 Å². The first-order valence-electron chi connectivity index (χ1n) is 6.61. The number of hydrogen-bond acceptors (Lipinski definition) is 2. The third kappa shape index (κ3) is 3.19. The van der Waals surface area contributed by atoms with E-state index >= 15 is 0 Å². The van der Waals surface area contributed by atoms with E-state index in [9.17, 15) is 0 Å². The molecule has 0 aliphatic rings. The average molecular weight is 370 g/mol. The molecule has 0 aliphatic carbocycles. The van der Waals surface area contributed by atoms with E-state index in [0.29, 0.717) is 0 Å². The lowest BCUT2D eigenvalue weighted by molar-refractivity contribution is 0.397. The van der Waals surface area contributed by atoms with Crippen molar-refractivity contribution in [3.8, 4) is 11.5 Å². The van der Waals surface area contributed by atoms with Crippen molar-refractivity contribution in [1.29, 1.82) is 0 Å². The normalized spacial score (nSPS) is 12.1. The molecule has 1 atom stereocenters. The molecule has 0 amide bonds. The molecule has 2 rings (SSSR count). The van der Waals surface area contributed by atoms with E-state index < -0.39 is 0 Å². The second-order valence-corrected chi connectivity index (χ2v) is 6.17. The Hall–Kier alpha value is -1.19. The quantitative estimate of drug-likeness (QED) is 0.671. The Morgan fingerprint density at radius 3 is 2.29 bits per heavy atom. The molecule has 0 spiro atoms. The van der Waals surface area contributed by atoms with Crippen molar-refractivity contribution in [1.82, 2.24) is 0 Å². The van der Waals surface area contributed by atoms with Crippen molar-refractivity contribution in [2.75, 3.05) is 14.2 Å². The second kappa shape index (κ2) is 6.71.